The van der Waals surface area contributed by atoms with Crippen LogP contribution in [0.25, 0.3) is 0 Å². The Hall–Kier alpha value is -2.81. The first-order valence-electron chi connectivity index (χ1n) is 8.99. The molecule has 1 aliphatic rings. The molecule has 0 fully saturated rings. The number of rotatable bonds is 5. The molecule has 3 heteroatoms. The van der Waals surface area contributed by atoms with E-state index >= 15 is 0 Å². The fraction of sp³-hybridized carbons (Fsp3) is 0.227. The van der Waals surface area contributed by atoms with Crippen LogP contribution in [0.3, 0.4) is 0 Å². The minimum Gasteiger partial charge on any atom is -0.385 e. The third kappa shape index (κ3) is 3.50. The lowest BCUT2D eigenvalue weighted by atomic mass is 10.0. The van der Waals surface area contributed by atoms with Gasteiger partial charge in [-0.05, 0) is 54.7 Å². The summed E-state index contributed by atoms with van der Waals surface area (Å²) < 4.78 is 0. The largest absolute Gasteiger partial charge is 0.385 e. The number of nitrogens with one attached hydrogen (secondary N) is 1. The third-order valence-electron chi connectivity index (χ3n) is 4.80. The Kier molecular flexibility index (Phi) is 4.64. The van der Waals surface area contributed by atoms with E-state index in [1.54, 1.807) is 0 Å². The molecule has 3 nitrogen and oxygen atoms in total. The van der Waals surface area contributed by atoms with E-state index in [4.69, 9.17) is 0 Å². The van der Waals surface area contributed by atoms with Crippen LogP contribution >= 0.6 is 0 Å². The molecule has 0 saturated carbocycles. The number of aryl methyl sites for hydroxylation is 2. The highest BCUT2D eigenvalue weighted by atomic mass is 15.1. The Morgan fingerprint density at radius 2 is 1.40 bits per heavy atom. The summed E-state index contributed by atoms with van der Waals surface area (Å²) in [4.78, 5) is 6.55. The van der Waals surface area contributed by atoms with Gasteiger partial charge >= 0.3 is 0 Å². The monoisotopic (exact) mass is 329 g/mol. The van der Waals surface area contributed by atoms with Crippen LogP contribution < -0.4 is 10.2 Å². The van der Waals surface area contributed by atoms with E-state index in [2.05, 4.69) is 63.7 Å². The van der Waals surface area contributed by atoms with Gasteiger partial charge in [0.2, 0.25) is 0 Å². The Morgan fingerprint density at radius 3 is 2.04 bits per heavy atom. The zero-order valence-electron chi connectivity index (χ0n) is 14.4. The van der Waals surface area contributed by atoms with Gasteiger partial charge in [0, 0.05) is 42.5 Å². The van der Waals surface area contributed by atoms with Gasteiger partial charge in [0.15, 0.2) is 0 Å². The average molecular weight is 329 g/mol. The number of fused-ring (bicyclic) bond motifs is 2. The van der Waals surface area contributed by atoms with E-state index in [0.29, 0.717) is 0 Å². The summed E-state index contributed by atoms with van der Waals surface area (Å²) >= 11 is 0. The summed E-state index contributed by atoms with van der Waals surface area (Å²) in [6, 6.07) is 21.7. The van der Waals surface area contributed by atoms with Crippen LogP contribution in [0.1, 0.15) is 17.5 Å². The number of aromatic nitrogens is 1. The molecule has 0 amide bonds. The zero-order valence-corrected chi connectivity index (χ0v) is 14.4. The molecule has 3 aromatic rings. The van der Waals surface area contributed by atoms with E-state index in [0.717, 1.165) is 38.0 Å². The van der Waals surface area contributed by atoms with Gasteiger partial charge in [0.1, 0.15) is 0 Å². The Balaban J connectivity index is 1.51. The molecule has 0 aliphatic carbocycles. The topological polar surface area (TPSA) is 28.2 Å². The fourth-order valence-corrected chi connectivity index (χ4v) is 3.55. The predicted molar refractivity (Wildman–Crippen MR) is 105 cm³/mol. The molecular weight excluding hydrogens is 306 g/mol. The Labute approximate surface area is 149 Å². The molecule has 126 valence electrons. The minimum atomic E-state index is 0.949. The second-order valence-corrected chi connectivity index (χ2v) is 6.43. The van der Waals surface area contributed by atoms with Crippen LogP contribution in [0.2, 0.25) is 0 Å². The summed E-state index contributed by atoms with van der Waals surface area (Å²) in [6.45, 7) is 1.96. The van der Waals surface area contributed by atoms with Crippen molar-refractivity contribution in [1.82, 2.24) is 4.98 Å². The van der Waals surface area contributed by atoms with E-state index < -0.39 is 0 Å². The number of hydrogen-bond donors (Lipinski definition) is 1. The van der Waals surface area contributed by atoms with Crippen LogP contribution in [0.5, 0.6) is 0 Å². The maximum atomic E-state index is 4.06. The third-order valence-corrected chi connectivity index (χ3v) is 4.80. The van der Waals surface area contributed by atoms with Crippen LogP contribution in [0.4, 0.5) is 17.1 Å². The molecule has 0 spiro atoms. The first-order valence-corrected chi connectivity index (χ1v) is 8.99. The first-order chi connectivity index (χ1) is 12.4. The highest BCUT2D eigenvalue weighted by Crippen LogP contribution is 2.35. The predicted octanol–water partition coefficient (Wildman–Crippen LogP) is 4.82. The van der Waals surface area contributed by atoms with Crippen molar-refractivity contribution < 1.29 is 0 Å². The fourth-order valence-electron chi connectivity index (χ4n) is 3.55. The van der Waals surface area contributed by atoms with Crippen LogP contribution in [-0.4, -0.2) is 18.1 Å². The molecule has 0 bridgehead atoms. The van der Waals surface area contributed by atoms with E-state index in [1.807, 2.05) is 24.5 Å². The van der Waals surface area contributed by atoms with Crippen LogP contribution in [0.15, 0.2) is 73.1 Å². The zero-order chi connectivity index (χ0) is 16.9. The molecule has 25 heavy (non-hydrogen) atoms. The Bertz CT molecular complexity index is 782. The number of pyridine rings is 1. The van der Waals surface area contributed by atoms with Gasteiger partial charge in [-0.3, -0.25) is 4.98 Å². The van der Waals surface area contributed by atoms with Crippen molar-refractivity contribution in [3.63, 3.8) is 0 Å². The van der Waals surface area contributed by atoms with Gasteiger partial charge in [-0.25, -0.2) is 0 Å². The standard InChI is InChI=1S/C22H23N3/c1-3-8-21-18(6-1)10-11-19-7-2-4-9-22(19)25(21)17-5-14-24-20-12-15-23-16-13-20/h1-4,6-9,12-13,15-16H,5,10-11,14,17H2,(H,23,24). The van der Waals surface area contributed by atoms with Gasteiger partial charge in [0.05, 0.1) is 0 Å². The Morgan fingerprint density at radius 1 is 0.800 bits per heavy atom. The van der Waals surface area contributed by atoms with E-state index in [1.165, 1.54) is 22.5 Å². The molecule has 2 aromatic carbocycles. The van der Waals surface area contributed by atoms with Crippen molar-refractivity contribution in [3.05, 3.63) is 84.2 Å². The van der Waals surface area contributed by atoms with Crippen LogP contribution in [0, 0.1) is 0 Å². The van der Waals surface area contributed by atoms with Crippen molar-refractivity contribution in [2.24, 2.45) is 0 Å². The van der Waals surface area contributed by atoms with Gasteiger partial charge < -0.3 is 10.2 Å². The van der Waals surface area contributed by atoms with Gasteiger partial charge in [-0.15, -0.1) is 0 Å². The lowest BCUT2D eigenvalue weighted by Crippen LogP contribution is -2.21. The number of hydrogen-bond acceptors (Lipinski definition) is 3. The molecule has 2 heterocycles. The quantitative estimate of drug-likeness (QED) is 0.680. The summed E-state index contributed by atoms with van der Waals surface area (Å²) in [7, 11) is 0. The minimum absolute atomic E-state index is 0.949. The summed E-state index contributed by atoms with van der Waals surface area (Å²) in [5.74, 6) is 0. The highest BCUT2D eigenvalue weighted by molar-refractivity contribution is 5.71. The molecule has 0 radical (unpaired) electrons. The first kappa shape index (κ1) is 15.7. The lowest BCUT2D eigenvalue weighted by molar-refractivity contribution is 0.840. The van der Waals surface area contributed by atoms with Gasteiger partial charge in [0.25, 0.3) is 0 Å². The van der Waals surface area contributed by atoms with Crippen molar-refractivity contribution in [2.75, 3.05) is 23.3 Å². The smallest absolute Gasteiger partial charge is 0.0443 e. The molecular formula is C22H23N3. The average Bonchev–Trinajstić information content (AvgIpc) is 2.83. The maximum Gasteiger partial charge on any atom is 0.0443 e. The van der Waals surface area contributed by atoms with Crippen LogP contribution in [-0.2, 0) is 12.8 Å². The summed E-state index contributed by atoms with van der Waals surface area (Å²) in [5.41, 5.74) is 6.74. The molecule has 0 saturated heterocycles. The second kappa shape index (κ2) is 7.39. The van der Waals surface area contributed by atoms with Crippen molar-refractivity contribution in [1.29, 1.82) is 0 Å². The van der Waals surface area contributed by atoms with Crippen molar-refractivity contribution >= 4 is 17.1 Å². The van der Waals surface area contributed by atoms with Crippen molar-refractivity contribution in [2.45, 2.75) is 19.3 Å². The van der Waals surface area contributed by atoms with Gasteiger partial charge in [-0.1, -0.05) is 36.4 Å². The van der Waals surface area contributed by atoms with Crippen molar-refractivity contribution in [3.8, 4) is 0 Å². The lowest BCUT2D eigenvalue weighted by Gasteiger charge is -2.27. The number of nitrogens with zero attached hydrogens (tertiary/aromatic N) is 2. The molecule has 1 aliphatic heterocycles. The summed E-state index contributed by atoms with van der Waals surface area (Å²) in [6.07, 6.45) is 6.94. The molecule has 0 atom stereocenters. The number of para-hydroxylation sites is 2. The van der Waals surface area contributed by atoms with Gasteiger partial charge in [-0.2, -0.15) is 0 Å². The van der Waals surface area contributed by atoms with E-state index in [-0.39, 0.29) is 0 Å². The summed E-state index contributed by atoms with van der Waals surface area (Å²) in [5, 5.41) is 3.48. The molecule has 1 aromatic heterocycles. The molecule has 0 unspecified atom stereocenters. The van der Waals surface area contributed by atoms with E-state index in [9.17, 15) is 0 Å². The molecule has 1 N–H and O–H groups in total. The SMILES string of the molecule is c1ccc2c(c1)CCc1ccccc1N2CCCNc1ccncc1. The molecule has 4 rings (SSSR count). The maximum absolute atomic E-state index is 4.06. The number of anilines is 3. The number of benzene rings is 2. The second-order valence-electron chi connectivity index (χ2n) is 6.43. The highest BCUT2D eigenvalue weighted by Gasteiger charge is 2.19. The normalized spacial score (nSPS) is 12.9.